The standard InChI is InChI=1S/C22H12F3N3O2S/c23-22(24,25)14-3-1-4-15(11-14)27-19-18(17-5-2-10-31-17)20(29)28(21(19)30)16-8-6-13(12-26)7-9-16/h1-11,27H. The van der Waals surface area contributed by atoms with Crippen LogP contribution in [0.3, 0.4) is 0 Å². The molecule has 0 bridgehead atoms. The molecule has 1 N–H and O–H groups in total. The Morgan fingerprint density at radius 3 is 2.32 bits per heavy atom. The Morgan fingerprint density at radius 2 is 1.71 bits per heavy atom. The molecule has 0 saturated carbocycles. The molecule has 9 heteroatoms. The molecule has 5 nitrogen and oxygen atoms in total. The van der Waals surface area contributed by atoms with Gasteiger partial charge >= 0.3 is 6.18 Å². The average molecular weight is 439 g/mol. The molecule has 0 atom stereocenters. The molecular weight excluding hydrogens is 427 g/mol. The van der Waals surface area contributed by atoms with Crippen LogP contribution in [0.25, 0.3) is 5.57 Å². The van der Waals surface area contributed by atoms with Crippen molar-refractivity contribution in [3.8, 4) is 6.07 Å². The van der Waals surface area contributed by atoms with Crippen molar-refractivity contribution in [1.29, 1.82) is 5.26 Å². The monoisotopic (exact) mass is 439 g/mol. The molecule has 0 fully saturated rings. The molecule has 3 aromatic rings. The van der Waals surface area contributed by atoms with E-state index in [0.717, 1.165) is 17.0 Å². The Balaban J connectivity index is 1.77. The summed E-state index contributed by atoms with van der Waals surface area (Å²) in [6.45, 7) is 0. The maximum absolute atomic E-state index is 13.2. The van der Waals surface area contributed by atoms with E-state index in [1.54, 1.807) is 17.5 Å². The van der Waals surface area contributed by atoms with E-state index in [4.69, 9.17) is 5.26 Å². The van der Waals surface area contributed by atoms with Crippen molar-refractivity contribution in [2.24, 2.45) is 0 Å². The molecule has 31 heavy (non-hydrogen) atoms. The highest BCUT2D eigenvalue weighted by atomic mass is 32.1. The van der Waals surface area contributed by atoms with E-state index in [-0.39, 0.29) is 22.6 Å². The van der Waals surface area contributed by atoms with Gasteiger partial charge in [-0.2, -0.15) is 18.4 Å². The molecular formula is C22H12F3N3O2S. The molecule has 1 aliphatic rings. The largest absolute Gasteiger partial charge is 0.416 e. The third kappa shape index (κ3) is 3.81. The van der Waals surface area contributed by atoms with E-state index in [1.165, 1.54) is 47.7 Å². The lowest BCUT2D eigenvalue weighted by molar-refractivity contribution is -0.137. The molecule has 0 saturated heterocycles. The SMILES string of the molecule is N#Cc1ccc(N2C(=O)C(Nc3cccc(C(F)(F)F)c3)=C(c3cccs3)C2=O)cc1. The number of carbonyl (C=O) groups excluding carboxylic acids is 2. The van der Waals surface area contributed by atoms with Crippen LogP contribution in [0.5, 0.6) is 0 Å². The van der Waals surface area contributed by atoms with Gasteiger partial charge in [-0.1, -0.05) is 12.1 Å². The summed E-state index contributed by atoms with van der Waals surface area (Å²) in [6, 6.07) is 15.6. The van der Waals surface area contributed by atoms with Crippen molar-refractivity contribution in [1.82, 2.24) is 0 Å². The van der Waals surface area contributed by atoms with E-state index in [2.05, 4.69) is 5.32 Å². The summed E-state index contributed by atoms with van der Waals surface area (Å²) in [7, 11) is 0. The Bertz CT molecular complexity index is 1240. The number of hydrogen-bond acceptors (Lipinski definition) is 5. The molecule has 0 unspecified atom stereocenters. The van der Waals surface area contributed by atoms with E-state index in [1.807, 2.05) is 6.07 Å². The van der Waals surface area contributed by atoms with Crippen LogP contribution in [0, 0.1) is 11.3 Å². The first-order chi connectivity index (χ1) is 14.8. The first kappa shape index (κ1) is 20.4. The Morgan fingerprint density at radius 1 is 0.968 bits per heavy atom. The van der Waals surface area contributed by atoms with Crippen molar-refractivity contribution in [3.05, 3.63) is 87.7 Å². The normalized spacial score (nSPS) is 14.2. The van der Waals surface area contributed by atoms with Crippen molar-refractivity contribution >= 4 is 40.1 Å². The number of rotatable bonds is 4. The highest BCUT2D eigenvalue weighted by molar-refractivity contribution is 7.11. The number of anilines is 2. The van der Waals surface area contributed by atoms with Gasteiger partial charge in [-0.05, 0) is 53.9 Å². The number of carbonyl (C=O) groups is 2. The lowest BCUT2D eigenvalue weighted by Gasteiger charge is -2.15. The van der Waals surface area contributed by atoms with Gasteiger partial charge in [-0.25, -0.2) is 4.90 Å². The maximum atomic E-state index is 13.2. The van der Waals surface area contributed by atoms with Gasteiger partial charge in [0.2, 0.25) is 0 Å². The van der Waals surface area contributed by atoms with Crippen LogP contribution in [0.15, 0.2) is 71.7 Å². The van der Waals surface area contributed by atoms with Gasteiger partial charge in [0.1, 0.15) is 5.70 Å². The molecule has 0 aliphatic carbocycles. The number of hydrogen-bond donors (Lipinski definition) is 1. The summed E-state index contributed by atoms with van der Waals surface area (Å²) in [5.74, 6) is -1.30. The van der Waals surface area contributed by atoms with Gasteiger partial charge in [0.05, 0.1) is 28.5 Å². The lowest BCUT2D eigenvalue weighted by atomic mass is 10.1. The fraction of sp³-hybridized carbons (Fsp3) is 0.0455. The molecule has 4 rings (SSSR count). The average Bonchev–Trinajstić information content (AvgIpc) is 3.35. The molecule has 0 radical (unpaired) electrons. The number of nitriles is 1. The van der Waals surface area contributed by atoms with E-state index >= 15 is 0 Å². The number of nitrogens with one attached hydrogen (secondary N) is 1. The predicted octanol–water partition coefficient (Wildman–Crippen LogP) is 5.04. The van der Waals surface area contributed by atoms with Crippen LogP contribution in [0.2, 0.25) is 0 Å². The predicted molar refractivity (Wildman–Crippen MR) is 110 cm³/mol. The van der Waals surface area contributed by atoms with Crippen LogP contribution in [-0.4, -0.2) is 11.8 Å². The van der Waals surface area contributed by atoms with Crippen LogP contribution in [0.4, 0.5) is 24.5 Å². The summed E-state index contributed by atoms with van der Waals surface area (Å²) >= 11 is 1.23. The number of nitrogens with zero attached hydrogens (tertiary/aromatic N) is 2. The second kappa shape index (κ2) is 7.74. The minimum absolute atomic E-state index is 0.0294. The van der Waals surface area contributed by atoms with Gasteiger partial charge in [0, 0.05) is 10.6 Å². The third-order valence-electron chi connectivity index (χ3n) is 4.57. The van der Waals surface area contributed by atoms with Crippen molar-refractivity contribution < 1.29 is 22.8 Å². The van der Waals surface area contributed by atoms with Gasteiger partial charge < -0.3 is 5.32 Å². The number of benzene rings is 2. The van der Waals surface area contributed by atoms with E-state index in [0.29, 0.717) is 10.4 Å². The van der Waals surface area contributed by atoms with Gasteiger partial charge in [-0.3, -0.25) is 9.59 Å². The first-order valence-corrected chi connectivity index (χ1v) is 9.79. The van der Waals surface area contributed by atoms with Crippen LogP contribution >= 0.6 is 11.3 Å². The number of halogens is 3. The minimum atomic E-state index is -4.55. The summed E-state index contributed by atoms with van der Waals surface area (Å²) in [6.07, 6.45) is -4.55. The van der Waals surface area contributed by atoms with Crippen LogP contribution < -0.4 is 10.2 Å². The molecule has 154 valence electrons. The quantitative estimate of drug-likeness (QED) is 0.579. The number of thiophene rings is 1. The molecule has 0 spiro atoms. The van der Waals surface area contributed by atoms with Crippen LogP contribution in [0.1, 0.15) is 16.0 Å². The Kier molecular flexibility index (Phi) is 5.09. The Hall–Kier alpha value is -3.90. The highest BCUT2D eigenvalue weighted by Gasteiger charge is 2.41. The van der Waals surface area contributed by atoms with Crippen LogP contribution in [-0.2, 0) is 15.8 Å². The summed E-state index contributed by atoms with van der Waals surface area (Å²) in [4.78, 5) is 27.8. The Labute approximate surface area is 178 Å². The van der Waals surface area contributed by atoms with Crippen molar-refractivity contribution in [2.75, 3.05) is 10.2 Å². The molecule has 2 amide bonds. The van der Waals surface area contributed by atoms with E-state index in [9.17, 15) is 22.8 Å². The first-order valence-electron chi connectivity index (χ1n) is 8.91. The zero-order valence-electron chi connectivity index (χ0n) is 15.6. The topological polar surface area (TPSA) is 73.2 Å². The summed E-state index contributed by atoms with van der Waals surface area (Å²) in [5, 5.41) is 13.4. The fourth-order valence-corrected chi connectivity index (χ4v) is 3.90. The third-order valence-corrected chi connectivity index (χ3v) is 5.45. The molecule has 2 heterocycles. The molecule has 1 aliphatic heterocycles. The number of alkyl halides is 3. The minimum Gasteiger partial charge on any atom is -0.350 e. The fourth-order valence-electron chi connectivity index (χ4n) is 3.13. The molecule has 1 aromatic heterocycles. The van der Waals surface area contributed by atoms with Gasteiger partial charge in [-0.15, -0.1) is 11.3 Å². The zero-order valence-corrected chi connectivity index (χ0v) is 16.4. The second-order valence-corrected chi connectivity index (χ2v) is 7.48. The number of amides is 2. The van der Waals surface area contributed by atoms with E-state index < -0.39 is 23.6 Å². The van der Waals surface area contributed by atoms with Gasteiger partial charge in [0.15, 0.2) is 0 Å². The summed E-state index contributed by atoms with van der Waals surface area (Å²) < 4.78 is 39.2. The number of imide groups is 1. The molecule has 2 aromatic carbocycles. The van der Waals surface area contributed by atoms with Crippen molar-refractivity contribution in [2.45, 2.75) is 6.18 Å². The highest BCUT2D eigenvalue weighted by Crippen LogP contribution is 2.36. The maximum Gasteiger partial charge on any atom is 0.416 e. The van der Waals surface area contributed by atoms with Gasteiger partial charge in [0.25, 0.3) is 11.8 Å². The van der Waals surface area contributed by atoms with Crippen molar-refractivity contribution in [3.63, 3.8) is 0 Å². The zero-order chi connectivity index (χ0) is 22.2. The summed E-state index contributed by atoms with van der Waals surface area (Å²) in [5.41, 5.74) is -0.281. The smallest absolute Gasteiger partial charge is 0.350 e. The lowest BCUT2D eigenvalue weighted by Crippen LogP contribution is -2.32. The second-order valence-electron chi connectivity index (χ2n) is 6.54.